The highest BCUT2D eigenvalue weighted by atomic mass is 35.5. The van der Waals surface area contributed by atoms with Gasteiger partial charge in [-0.3, -0.25) is 10.1 Å². The van der Waals surface area contributed by atoms with Crippen LogP contribution in [-0.2, 0) is 12.8 Å². The molecule has 0 atom stereocenters. The van der Waals surface area contributed by atoms with Crippen LogP contribution in [0.15, 0.2) is 29.6 Å². The number of nitrogens with one attached hydrogen (secondary N) is 1. The quantitative estimate of drug-likeness (QED) is 0.309. The molecule has 0 unspecified atom stereocenters. The van der Waals surface area contributed by atoms with E-state index in [4.69, 9.17) is 33.9 Å². The zero-order valence-corrected chi connectivity index (χ0v) is 19.5. The Morgan fingerprint density at radius 2 is 1.94 bits per heavy atom. The van der Waals surface area contributed by atoms with Crippen molar-refractivity contribution in [3.8, 4) is 11.3 Å². The van der Waals surface area contributed by atoms with E-state index in [0.29, 0.717) is 31.4 Å². The van der Waals surface area contributed by atoms with Gasteiger partial charge in [-0.15, -0.1) is 22.7 Å². The van der Waals surface area contributed by atoms with Gasteiger partial charge in [-0.2, -0.15) is 0 Å². The standard InChI is InChI=1S/C22H18Cl2N4OS2/c23-12-6-7-13(15(24)9-12)17-10-30-22(27-17)28-20(29)19-18(25)14-8-11-4-2-1-3-5-16(11)26-21(14)31-19/h6-10H,1-5,25H2,(H,27,28,29). The number of benzene rings is 1. The van der Waals surface area contributed by atoms with Gasteiger partial charge in [0.25, 0.3) is 5.91 Å². The van der Waals surface area contributed by atoms with E-state index in [2.05, 4.69) is 16.4 Å². The van der Waals surface area contributed by atoms with Crippen LogP contribution < -0.4 is 11.1 Å². The molecule has 0 bridgehead atoms. The van der Waals surface area contributed by atoms with Gasteiger partial charge in [0.2, 0.25) is 0 Å². The molecule has 4 aromatic rings. The van der Waals surface area contributed by atoms with Gasteiger partial charge in [-0.1, -0.05) is 29.6 Å². The van der Waals surface area contributed by atoms with Crippen LogP contribution in [-0.4, -0.2) is 15.9 Å². The number of amides is 1. The Morgan fingerprint density at radius 3 is 2.77 bits per heavy atom. The monoisotopic (exact) mass is 488 g/mol. The van der Waals surface area contributed by atoms with Gasteiger partial charge >= 0.3 is 0 Å². The van der Waals surface area contributed by atoms with Gasteiger partial charge in [-0.05, 0) is 55.5 Å². The Bertz CT molecular complexity index is 1310. The number of nitrogens with two attached hydrogens (primary N) is 1. The van der Waals surface area contributed by atoms with Crippen molar-refractivity contribution < 1.29 is 4.79 Å². The second-order valence-electron chi connectivity index (χ2n) is 7.47. The molecular formula is C22H18Cl2N4OS2. The van der Waals surface area contributed by atoms with Crippen molar-refractivity contribution in [2.45, 2.75) is 32.1 Å². The Labute approximate surface area is 197 Å². The molecule has 5 nitrogen and oxygen atoms in total. The van der Waals surface area contributed by atoms with Crippen molar-refractivity contribution >= 4 is 72.8 Å². The van der Waals surface area contributed by atoms with Crippen LogP contribution in [0.4, 0.5) is 10.8 Å². The number of thiazole rings is 1. The average molecular weight is 489 g/mol. The highest BCUT2D eigenvalue weighted by Crippen LogP contribution is 2.36. The summed E-state index contributed by atoms with van der Waals surface area (Å²) in [6.45, 7) is 0. The Hall–Kier alpha value is -2.19. The third kappa shape index (κ3) is 4.03. The van der Waals surface area contributed by atoms with Crippen LogP contribution in [0.25, 0.3) is 21.5 Å². The molecule has 0 aliphatic heterocycles. The van der Waals surface area contributed by atoms with E-state index in [1.54, 1.807) is 12.1 Å². The normalized spacial score (nSPS) is 13.7. The number of rotatable bonds is 3. The minimum absolute atomic E-state index is 0.279. The lowest BCUT2D eigenvalue weighted by atomic mass is 10.1. The summed E-state index contributed by atoms with van der Waals surface area (Å²) in [7, 11) is 0. The first-order chi connectivity index (χ1) is 15.0. The molecule has 0 radical (unpaired) electrons. The van der Waals surface area contributed by atoms with Crippen LogP contribution in [0, 0.1) is 0 Å². The summed E-state index contributed by atoms with van der Waals surface area (Å²) in [4.78, 5) is 23.6. The number of pyridine rings is 1. The molecule has 9 heteroatoms. The maximum atomic E-state index is 13.0. The summed E-state index contributed by atoms with van der Waals surface area (Å²) in [6, 6.07) is 7.36. The zero-order chi connectivity index (χ0) is 21.5. The van der Waals surface area contributed by atoms with E-state index in [0.717, 1.165) is 40.7 Å². The fourth-order valence-electron chi connectivity index (χ4n) is 3.81. The van der Waals surface area contributed by atoms with Gasteiger partial charge in [0, 0.05) is 27.0 Å². The second kappa shape index (κ2) is 8.39. The van der Waals surface area contributed by atoms with E-state index in [-0.39, 0.29) is 5.91 Å². The fraction of sp³-hybridized carbons (Fsp3) is 0.227. The van der Waals surface area contributed by atoms with Crippen molar-refractivity contribution in [1.82, 2.24) is 9.97 Å². The third-order valence-electron chi connectivity index (χ3n) is 5.39. The van der Waals surface area contributed by atoms with Crippen molar-refractivity contribution in [1.29, 1.82) is 0 Å². The topological polar surface area (TPSA) is 80.9 Å². The molecule has 5 rings (SSSR count). The molecule has 0 saturated carbocycles. The zero-order valence-electron chi connectivity index (χ0n) is 16.4. The average Bonchev–Trinajstić information content (AvgIpc) is 3.23. The number of aromatic nitrogens is 2. The summed E-state index contributed by atoms with van der Waals surface area (Å²) < 4.78 is 0. The molecule has 3 heterocycles. The second-order valence-corrected chi connectivity index (χ2v) is 10.2. The highest BCUT2D eigenvalue weighted by Gasteiger charge is 2.21. The maximum Gasteiger partial charge on any atom is 0.269 e. The lowest BCUT2D eigenvalue weighted by molar-refractivity contribution is 0.103. The number of halogens is 2. The van der Waals surface area contributed by atoms with Crippen LogP contribution in [0.5, 0.6) is 0 Å². The summed E-state index contributed by atoms with van der Waals surface area (Å²) in [5, 5.41) is 7.12. The molecule has 0 fully saturated rings. The van der Waals surface area contributed by atoms with Crippen molar-refractivity contribution in [2.24, 2.45) is 0 Å². The lowest BCUT2D eigenvalue weighted by Crippen LogP contribution is -2.11. The van der Waals surface area contributed by atoms with Crippen LogP contribution in [0.3, 0.4) is 0 Å². The van der Waals surface area contributed by atoms with E-state index in [9.17, 15) is 4.79 Å². The number of nitrogens with zero attached hydrogens (tertiary/aromatic N) is 2. The summed E-state index contributed by atoms with van der Waals surface area (Å²) >= 11 is 14.9. The smallest absolute Gasteiger partial charge is 0.269 e. The fourth-order valence-corrected chi connectivity index (χ4v) is 6.01. The predicted molar refractivity (Wildman–Crippen MR) is 131 cm³/mol. The number of hydrogen-bond donors (Lipinski definition) is 2. The minimum Gasteiger partial charge on any atom is -0.397 e. The molecule has 3 N–H and O–H groups in total. The molecule has 1 aromatic carbocycles. The van der Waals surface area contributed by atoms with E-state index < -0.39 is 0 Å². The van der Waals surface area contributed by atoms with Crippen molar-refractivity contribution in [2.75, 3.05) is 11.1 Å². The van der Waals surface area contributed by atoms with Gasteiger partial charge in [0.1, 0.15) is 9.71 Å². The minimum atomic E-state index is -0.279. The van der Waals surface area contributed by atoms with Crippen LogP contribution in [0.2, 0.25) is 10.0 Å². The van der Waals surface area contributed by atoms with E-state index >= 15 is 0 Å². The number of aryl methyl sites for hydroxylation is 2. The Balaban J connectivity index is 1.42. The number of nitrogen functional groups attached to an aromatic ring is 1. The summed E-state index contributed by atoms with van der Waals surface area (Å²) in [5.41, 5.74) is 10.7. The first kappa shape index (κ1) is 20.7. The largest absolute Gasteiger partial charge is 0.397 e. The number of carbonyl (C=O) groups excluding carboxylic acids is 1. The van der Waals surface area contributed by atoms with Crippen molar-refractivity contribution in [3.05, 3.63) is 55.8 Å². The third-order valence-corrected chi connectivity index (χ3v) is 7.81. The van der Waals surface area contributed by atoms with Crippen LogP contribution in [0.1, 0.15) is 40.2 Å². The Kier molecular flexibility index (Phi) is 5.60. The van der Waals surface area contributed by atoms with Crippen molar-refractivity contribution in [3.63, 3.8) is 0 Å². The number of carbonyl (C=O) groups is 1. The summed E-state index contributed by atoms with van der Waals surface area (Å²) in [5.74, 6) is -0.279. The predicted octanol–water partition coefficient (Wildman–Crippen LogP) is 6.83. The number of thiophene rings is 1. The molecule has 1 aliphatic rings. The first-order valence-electron chi connectivity index (χ1n) is 9.92. The lowest BCUT2D eigenvalue weighted by Gasteiger charge is -2.04. The van der Waals surface area contributed by atoms with E-state index in [1.165, 1.54) is 41.1 Å². The van der Waals surface area contributed by atoms with Crippen LogP contribution >= 0.6 is 45.9 Å². The van der Waals surface area contributed by atoms with Gasteiger partial charge in [-0.25, -0.2) is 9.97 Å². The molecule has 3 aromatic heterocycles. The Morgan fingerprint density at radius 1 is 1.10 bits per heavy atom. The summed E-state index contributed by atoms with van der Waals surface area (Å²) in [6.07, 6.45) is 5.56. The van der Waals surface area contributed by atoms with Gasteiger partial charge in [0.05, 0.1) is 16.4 Å². The molecule has 1 amide bonds. The van der Waals surface area contributed by atoms with Gasteiger partial charge < -0.3 is 5.73 Å². The molecule has 0 saturated heterocycles. The molecule has 1 aliphatic carbocycles. The molecule has 158 valence electrons. The number of anilines is 2. The maximum absolute atomic E-state index is 13.0. The number of hydrogen-bond acceptors (Lipinski definition) is 6. The van der Waals surface area contributed by atoms with E-state index in [1.807, 2.05) is 11.4 Å². The molecule has 31 heavy (non-hydrogen) atoms. The molecule has 0 spiro atoms. The number of fused-ring (bicyclic) bond motifs is 2. The SMILES string of the molecule is Nc1c(C(=O)Nc2nc(-c3ccc(Cl)cc3Cl)cs2)sc2nc3c(cc12)CCCCC3. The first-order valence-corrected chi connectivity index (χ1v) is 12.4. The molecular weight excluding hydrogens is 471 g/mol. The highest BCUT2D eigenvalue weighted by molar-refractivity contribution is 7.21. The van der Waals surface area contributed by atoms with Gasteiger partial charge in [0.15, 0.2) is 5.13 Å².